The first kappa shape index (κ1) is 15.8. The number of esters is 1. The Hall–Kier alpha value is -0.620. The number of sulfone groups is 1. The number of ether oxygens (including phenoxy) is 2. The summed E-state index contributed by atoms with van der Waals surface area (Å²) in [5.74, 6) is -0.499. The average molecular weight is 304 g/mol. The quantitative estimate of drug-likeness (QED) is 0.700. The van der Waals surface area contributed by atoms with E-state index < -0.39 is 15.8 Å². The molecule has 2 atom stereocenters. The van der Waals surface area contributed by atoms with E-state index in [1.807, 2.05) is 0 Å². The van der Waals surface area contributed by atoms with E-state index in [0.717, 1.165) is 44.9 Å². The highest BCUT2D eigenvalue weighted by Crippen LogP contribution is 2.27. The fourth-order valence-electron chi connectivity index (χ4n) is 3.16. The zero-order valence-electron chi connectivity index (χ0n) is 12.0. The summed E-state index contributed by atoms with van der Waals surface area (Å²) in [6.07, 6.45) is 5.85. The summed E-state index contributed by atoms with van der Waals surface area (Å²) in [7, 11) is -1.53. The van der Waals surface area contributed by atoms with E-state index in [1.165, 1.54) is 0 Å². The first-order valence-electron chi connectivity index (χ1n) is 7.47. The van der Waals surface area contributed by atoms with Gasteiger partial charge in [0.05, 0.1) is 23.5 Å². The van der Waals surface area contributed by atoms with Crippen LogP contribution in [0.4, 0.5) is 0 Å². The SMILES string of the molecule is CO[C@H]1CCC[C@@H]1OC(=O)CCS(=O)(=O)C1CCCC1. The minimum absolute atomic E-state index is 0.0359. The molecule has 0 bridgehead atoms. The van der Waals surface area contributed by atoms with Crippen molar-refractivity contribution < 1.29 is 22.7 Å². The van der Waals surface area contributed by atoms with Gasteiger partial charge in [0.25, 0.3) is 0 Å². The lowest BCUT2D eigenvalue weighted by Gasteiger charge is -2.19. The van der Waals surface area contributed by atoms with Crippen molar-refractivity contribution >= 4 is 15.8 Å². The van der Waals surface area contributed by atoms with Crippen LogP contribution >= 0.6 is 0 Å². The Morgan fingerprint density at radius 2 is 1.70 bits per heavy atom. The molecule has 2 aliphatic rings. The summed E-state index contributed by atoms with van der Waals surface area (Å²) in [6.45, 7) is 0. The molecule has 2 fully saturated rings. The first-order chi connectivity index (χ1) is 9.53. The molecule has 2 saturated carbocycles. The largest absolute Gasteiger partial charge is 0.460 e. The van der Waals surface area contributed by atoms with Crippen LogP contribution in [0.2, 0.25) is 0 Å². The van der Waals surface area contributed by atoms with Gasteiger partial charge in [0.15, 0.2) is 9.84 Å². The van der Waals surface area contributed by atoms with E-state index >= 15 is 0 Å². The van der Waals surface area contributed by atoms with Gasteiger partial charge in [-0.1, -0.05) is 12.8 Å². The third-order valence-corrected chi connectivity index (χ3v) is 6.64. The van der Waals surface area contributed by atoms with Crippen LogP contribution < -0.4 is 0 Å². The van der Waals surface area contributed by atoms with Gasteiger partial charge in [0.1, 0.15) is 6.10 Å². The second-order valence-electron chi connectivity index (χ2n) is 5.76. The fraction of sp³-hybridized carbons (Fsp3) is 0.929. The third-order valence-electron chi connectivity index (χ3n) is 4.38. The van der Waals surface area contributed by atoms with Gasteiger partial charge in [-0.25, -0.2) is 8.42 Å². The van der Waals surface area contributed by atoms with Crippen LogP contribution in [-0.2, 0) is 24.1 Å². The van der Waals surface area contributed by atoms with Crippen LogP contribution in [0, 0.1) is 0 Å². The van der Waals surface area contributed by atoms with Gasteiger partial charge in [-0.05, 0) is 32.1 Å². The second kappa shape index (κ2) is 6.89. The molecule has 0 spiro atoms. The molecule has 0 saturated heterocycles. The molecule has 116 valence electrons. The maximum Gasteiger partial charge on any atom is 0.307 e. The van der Waals surface area contributed by atoms with Crippen molar-refractivity contribution in [2.45, 2.75) is 68.8 Å². The minimum atomic E-state index is -3.14. The van der Waals surface area contributed by atoms with Gasteiger partial charge in [0, 0.05) is 7.11 Å². The predicted octanol–water partition coefficient (Wildman–Crippen LogP) is 1.84. The Morgan fingerprint density at radius 1 is 1.05 bits per heavy atom. The third kappa shape index (κ3) is 3.95. The van der Waals surface area contributed by atoms with Crippen LogP contribution in [0.15, 0.2) is 0 Å². The van der Waals surface area contributed by atoms with Crippen molar-refractivity contribution in [2.75, 3.05) is 12.9 Å². The van der Waals surface area contributed by atoms with Crippen molar-refractivity contribution in [1.82, 2.24) is 0 Å². The maximum atomic E-state index is 12.1. The van der Waals surface area contributed by atoms with E-state index in [2.05, 4.69) is 0 Å². The normalized spacial score (nSPS) is 27.9. The van der Waals surface area contributed by atoms with Crippen molar-refractivity contribution in [1.29, 1.82) is 0 Å². The Morgan fingerprint density at radius 3 is 2.35 bits per heavy atom. The standard InChI is InChI=1S/C14H24O5S/c1-18-12-7-4-8-13(12)19-14(15)9-10-20(16,17)11-5-2-3-6-11/h11-13H,2-10H2,1H3/t12-,13-/m0/s1. The van der Waals surface area contributed by atoms with Gasteiger partial charge in [-0.2, -0.15) is 0 Å². The van der Waals surface area contributed by atoms with Crippen molar-refractivity contribution in [3.8, 4) is 0 Å². The molecule has 6 heteroatoms. The Kier molecular flexibility index (Phi) is 5.43. The molecule has 2 rings (SSSR count). The van der Waals surface area contributed by atoms with Gasteiger partial charge in [0.2, 0.25) is 0 Å². The molecule has 0 radical (unpaired) electrons. The Labute approximate surface area is 120 Å². The van der Waals surface area contributed by atoms with E-state index in [0.29, 0.717) is 0 Å². The monoisotopic (exact) mass is 304 g/mol. The second-order valence-corrected chi connectivity index (χ2v) is 8.16. The van der Waals surface area contributed by atoms with Gasteiger partial charge < -0.3 is 9.47 Å². The minimum Gasteiger partial charge on any atom is -0.460 e. The summed E-state index contributed by atoms with van der Waals surface area (Å²) >= 11 is 0. The molecule has 0 unspecified atom stereocenters. The number of methoxy groups -OCH3 is 1. The van der Waals surface area contributed by atoms with Crippen LogP contribution in [0.3, 0.4) is 0 Å². The highest BCUT2D eigenvalue weighted by atomic mass is 32.2. The topological polar surface area (TPSA) is 69.7 Å². The van der Waals surface area contributed by atoms with Crippen molar-refractivity contribution in [3.63, 3.8) is 0 Å². The average Bonchev–Trinajstić information content (AvgIpc) is 3.07. The molecule has 0 aliphatic heterocycles. The van der Waals surface area contributed by atoms with Crippen molar-refractivity contribution in [2.24, 2.45) is 0 Å². The summed E-state index contributed by atoms with van der Waals surface area (Å²) in [5, 5.41) is -0.242. The lowest BCUT2D eigenvalue weighted by atomic mass is 10.2. The lowest BCUT2D eigenvalue weighted by molar-refractivity contribution is -0.153. The highest BCUT2D eigenvalue weighted by Gasteiger charge is 2.32. The maximum absolute atomic E-state index is 12.1. The van der Waals surface area contributed by atoms with Crippen LogP contribution in [0.5, 0.6) is 0 Å². The number of carbonyl (C=O) groups excluding carboxylic acids is 1. The number of hydrogen-bond donors (Lipinski definition) is 0. The van der Waals surface area contributed by atoms with Crippen LogP contribution in [0.25, 0.3) is 0 Å². The smallest absolute Gasteiger partial charge is 0.307 e. The molecule has 0 aromatic heterocycles. The van der Waals surface area contributed by atoms with E-state index in [1.54, 1.807) is 7.11 Å². The van der Waals surface area contributed by atoms with E-state index in [4.69, 9.17) is 9.47 Å². The zero-order chi connectivity index (χ0) is 14.6. The van der Waals surface area contributed by atoms with Crippen molar-refractivity contribution in [3.05, 3.63) is 0 Å². The van der Waals surface area contributed by atoms with E-state index in [9.17, 15) is 13.2 Å². The molecule has 2 aliphatic carbocycles. The van der Waals surface area contributed by atoms with Gasteiger partial charge in [-0.3, -0.25) is 4.79 Å². The molecule has 0 aromatic carbocycles. The van der Waals surface area contributed by atoms with E-state index in [-0.39, 0.29) is 29.6 Å². The highest BCUT2D eigenvalue weighted by molar-refractivity contribution is 7.92. The number of rotatable bonds is 6. The van der Waals surface area contributed by atoms with Gasteiger partial charge in [-0.15, -0.1) is 0 Å². The molecule has 20 heavy (non-hydrogen) atoms. The molecular weight excluding hydrogens is 280 g/mol. The summed E-state index contributed by atoms with van der Waals surface area (Å²) in [5.41, 5.74) is 0. The molecule has 5 nitrogen and oxygen atoms in total. The first-order valence-corrected chi connectivity index (χ1v) is 9.18. The predicted molar refractivity (Wildman–Crippen MR) is 75.2 cm³/mol. The fourth-order valence-corrected chi connectivity index (χ4v) is 5.00. The van der Waals surface area contributed by atoms with Gasteiger partial charge >= 0.3 is 5.97 Å². The molecule has 0 heterocycles. The molecule has 0 aromatic rings. The Bertz CT molecular complexity index is 425. The molecule has 0 amide bonds. The van der Waals surface area contributed by atoms with Crippen LogP contribution in [0.1, 0.15) is 51.4 Å². The summed E-state index contributed by atoms with van der Waals surface area (Å²) in [4.78, 5) is 11.8. The lowest BCUT2D eigenvalue weighted by Crippen LogP contribution is -2.29. The zero-order valence-corrected chi connectivity index (χ0v) is 12.9. The summed E-state index contributed by atoms with van der Waals surface area (Å²) < 4.78 is 34.7. The Balaban J connectivity index is 1.77. The summed E-state index contributed by atoms with van der Waals surface area (Å²) in [6, 6.07) is 0. The molecular formula is C14H24O5S. The molecule has 0 N–H and O–H groups in total. The van der Waals surface area contributed by atoms with Crippen LogP contribution in [-0.4, -0.2) is 44.7 Å². The number of carbonyl (C=O) groups is 1. The number of hydrogen-bond acceptors (Lipinski definition) is 5.